The molecule has 0 radical (unpaired) electrons. The van der Waals surface area contributed by atoms with Gasteiger partial charge in [0.15, 0.2) is 5.52 Å². The summed E-state index contributed by atoms with van der Waals surface area (Å²) in [7, 11) is 1.77. The maximum absolute atomic E-state index is 13.2. The van der Waals surface area contributed by atoms with Gasteiger partial charge in [0.2, 0.25) is 0 Å². The lowest BCUT2D eigenvalue weighted by Gasteiger charge is -2.37. The highest BCUT2D eigenvalue weighted by Gasteiger charge is 2.35. The van der Waals surface area contributed by atoms with E-state index in [0.717, 1.165) is 28.8 Å². The van der Waals surface area contributed by atoms with Crippen LogP contribution in [0.2, 0.25) is 0 Å². The normalized spacial score (nSPS) is 22.1. The molecule has 3 heterocycles. The number of nitrogens with one attached hydrogen (secondary N) is 1. The molecule has 4 N–H and O–H groups in total. The van der Waals surface area contributed by atoms with Crippen LogP contribution in [0, 0.1) is 0 Å². The molecule has 34 heavy (non-hydrogen) atoms. The van der Waals surface area contributed by atoms with Crippen LogP contribution in [-0.2, 0) is 25.6 Å². The third-order valence-corrected chi connectivity index (χ3v) is 7.06. The molecule has 1 aliphatic carbocycles. The Hall–Kier alpha value is -3.28. The fourth-order valence-electron chi connectivity index (χ4n) is 5.16. The molecule has 1 aliphatic heterocycles. The number of carboxylic acid groups (broad SMARTS) is 1. The molecule has 0 bridgehead atoms. The van der Waals surface area contributed by atoms with Gasteiger partial charge in [0.25, 0.3) is 5.56 Å². The maximum atomic E-state index is 13.2. The van der Waals surface area contributed by atoms with E-state index in [2.05, 4.69) is 15.5 Å². The quantitative estimate of drug-likeness (QED) is 0.443. The van der Waals surface area contributed by atoms with Crippen molar-refractivity contribution in [3.8, 4) is 11.3 Å². The standard InChI is InChI=1S/C23H28N6O5/c1-22(33)6-5-14-11-15(3-4-16(14)22)19-17-18(25-27(19)2)20(30)28(13-24-17)12-23(34)7-9-29(10-8-23)26-21(31)32/h3-4,11,13,26,33-34H,5-10,12H2,1-2H3,(H,31,32). The van der Waals surface area contributed by atoms with E-state index in [1.54, 1.807) is 11.7 Å². The smallest absolute Gasteiger partial charge is 0.419 e. The van der Waals surface area contributed by atoms with E-state index in [9.17, 15) is 19.8 Å². The Labute approximate surface area is 195 Å². The molecule has 3 aromatic rings. The first kappa shape index (κ1) is 22.5. The van der Waals surface area contributed by atoms with Crippen LogP contribution in [0.3, 0.4) is 0 Å². The zero-order chi connectivity index (χ0) is 24.3. The molecule has 1 saturated heterocycles. The van der Waals surface area contributed by atoms with E-state index in [-0.39, 0.29) is 17.6 Å². The number of hydrogen-bond acceptors (Lipinski definition) is 7. The van der Waals surface area contributed by atoms with Crippen LogP contribution in [-0.4, -0.2) is 64.4 Å². The second kappa shape index (κ2) is 7.90. The number of benzene rings is 1. The van der Waals surface area contributed by atoms with Crippen LogP contribution in [0.5, 0.6) is 0 Å². The van der Waals surface area contributed by atoms with Crippen LogP contribution < -0.4 is 11.0 Å². The van der Waals surface area contributed by atoms with Crippen molar-refractivity contribution in [2.24, 2.45) is 7.05 Å². The summed E-state index contributed by atoms with van der Waals surface area (Å²) in [5, 5.41) is 36.4. The molecule has 2 aromatic heterocycles. The number of aliphatic hydroxyl groups is 2. The summed E-state index contributed by atoms with van der Waals surface area (Å²) < 4.78 is 3.02. The lowest BCUT2D eigenvalue weighted by molar-refractivity contribution is -0.0442. The molecule has 1 unspecified atom stereocenters. The molecule has 0 spiro atoms. The number of hydrazine groups is 1. The van der Waals surface area contributed by atoms with Crippen molar-refractivity contribution >= 4 is 17.1 Å². The highest BCUT2D eigenvalue weighted by atomic mass is 16.4. The molecule has 1 fully saturated rings. The van der Waals surface area contributed by atoms with Gasteiger partial charge in [-0.25, -0.2) is 14.8 Å². The number of aromatic nitrogens is 4. The van der Waals surface area contributed by atoms with E-state index < -0.39 is 17.3 Å². The highest BCUT2D eigenvalue weighted by molar-refractivity contribution is 5.89. The second-order valence-corrected chi connectivity index (χ2v) is 9.62. The summed E-state index contributed by atoms with van der Waals surface area (Å²) in [6.45, 7) is 2.55. The number of amides is 1. The minimum Gasteiger partial charge on any atom is -0.464 e. The number of fused-ring (bicyclic) bond motifs is 2. The van der Waals surface area contributed by atoms with Crippen LogP contribution >= 0.6 is 0 Å². The summed E-state index contributed by atoms with van der Waals surface area (Å²) in [6, 6.07) is 5.88. The Bertz CT molecular complexity index is 1340. The molecule has 1 amide bonds. The molecule has 0 saturated carbocycles. The Morgan fingerprint density at radius 3 is 2.62 bits per heavy atom. The predicted molar refractivity (Wildman–Crippen MR) is 123 cm³/mol. The number of carbonyl (C=O) groups is 1. The third-order valence-electron chi connectivity index (χ3n) is 7.06. The first-order chi connectivity index (χ1) is 16.1. The van der Waals surface area contributed by atoms with Crippen molar-refractivity contribution in [3.05, 3.63) is 46.0 Å². The van der Waals surface area contributed by atoms with Gasteiger partial charge in [0.05, 0.1) is 29.8 Å². The van der Waals surface area contributed by atoms with Crippen molar-refractivity contribution in [1.82, 2.24) is 29.8 Å². The van der Waals surface area contributed by atoms with Gasteiger partial charge in [-0.2, -0.15) is 5.10 Å². The molecule has 1 atom stereocenters. The largest absolute Gasteiger partial charge is 0.464 e. The van der Waals surface area contributed by atoms with E-state index in [1.165, 1.54) is 15.9 Å². The molecule has 5 rings (SSSR count). The molecule has 2 aliphatic rings. The van der Waals surface area contributed by atoms with Gasteiger partial charge in [-0.05, 0) is 49.8 Å². The van der Waals surface area contributed by atoms with Crippen LogP contribution in [0.4, 0.5) is 4.79 Å². The van der Waals surface area contributed by atoms with Gasteiger partial charge in [-0.15, -0.1) is 0 Å². The zero-order valence-corrected chi connectivity index (χ0v) is 19.2. The fourth-order valence-corrected chi connectivity index (χ4v) is 5.16. The Kier molecular flexibility index (Phi) is 5.23. The van der Waals surface area contributed by atoms with Gasteiger partial charge < -0.3 is 15.3 Å². The SMILES string of the molecule is Cn1nc2c(=O)n(CC3(O)CCN(NC(=O)O)CC3)cnc2c1-c1ccc2c(c1)CCC2(C)O. The lowest BCUT2D eigenvalue weighted by Crippen LogP contribution is -2.53. The second-order valence-electron chi connectivity index (χ2n) is 9.62. The fraction of sp³-hybridized carbons (Fsp3) is 0.478. The summed E-state index contributed by atoms with van der Waals surface area (Å²) in [5.74, 6) is 0. The molecule has 11 nitrogen and oxygen atoms in total. The Balaban J connectivity index is 1.44. The number of rotatable bonds is 4. The van der Waals surface area contributed by atoms with E-state index in [4.69, 9.17) is 5.11 Å². The van der Waals surface area contributed by atoms with E-state index in [0.29, 0.717) is 37.9 Å². The molecule has 11 heteroatoms. The number of piperidine rings is 1. The topological polar surface area (TPSA) is 146 Å². The van der Waals surface area contributed by atoms with Gasteiger partial charge in [0.1, 0.15) is 5.52 Å². The Morgan fingerprint density at radius 1 is 1.18 bits per heavy atom. The summed E-state index contributed by atoms with van der Waals surface area (Å²) in [5.41, 5.74) is 4.30. The molecule has 1 aromatic carbocycles. The predicted octanol–water partition coefficient (Wildman–Crippen LogP) is 0.960. The number of hydrogen-bond donors (Lipinski definition) is 4. The summed E-state index contributed by atoms with van der Waals surface area (Å²) >= 11 is 0. The zero-order valence-electron chi connectivity index (χ0n) is 19.2. The maximum Gasteiger partial charge on any atom is 0.419 e. The first-order valence-electron chi connectivity index (χ1n) is 11.3. The third kappa shape index (κ3) is 3.85. The monoisotopic (exact) mass is 468 g/mol. The van der Waals surface area contributed by atoms with Gasteiger partial charge >= 0.3 is 6.09 Å². The van der Waals surface area contributed by atoms with Crippen molar-refractivity contribution < 1.29 is 20.1 Å². The van der Waals surface area contributed by atoms with Crippen LogP contribution in [0.1, 0.15) is 37.3 Å². The minimum atomic E-state index is -1.15. The first-order valence-corrected chi connectivity index (χ1v) is 11.3. The molecular formula is C23H28N6O5. The molecule has 180 valence electrons. The van der Waals surface area contributed by atoms with Crippen molar-refractivity contribution in [2.75, 3.05) is 13.1 Å². The Morgan fingerprint density at radius 2 is 1.91 bits per heavy atom. The van der Waals surface area contributed by atoms with E-state index >= 15 is 0 Å². The summed E-state index contributed by atoms with van der Waals surface area (Å²) in [6.07, 6.45) is 2.37. The highest BCUT2D eigenvalue weighted by Crippen LogP contribution is 2.39. The average molecular weight is 469 g/mol. The lowest BCUT2D eigenvalue weighted by atomic mass is 9.92. The van der Waals surface area contributed by atoms with Gasteiger partial charge in [0, 0.05) is 25.7 Å². The molecular weight excluding hydrogens is 440 g/mol. The number of aryl methyl sites for hydroxylation is 2. The van der Waals surface area contributed by atoms with Crippen molar-refractivity contribution in [2.45, 2.75) is 50.4 Å². The average Bonchev–Trinajstić information content (AvgIpc) is 3.27. The van der Waals surface area contributed by atoms with Crippen molar-refractivity contribution in [1.29, 1.82) is 0 Å². The van der Waals surface area contributed by atoms with E-state index in [1.807, 2.05) is 25.1 Å². The summed E-state index contributed by atoms with van der Waals surface area (Å²) in [4.78, 5) is 28.6. The van der Waals surface area contributed by atoms with Gasteiger partial charge in [-0.1, -0.05) is 12.1 Å². The van der Waals surface area contributed by atoms with Crippen LogP contribution in [0.15, 0.2) is 29.3 Å². The van der Waals surface area contributed by atoms with Gasteiger partial charge in [-0.3, -0.25) is 19.5 Å². The van der Waals surface area contributed by atoms with Crippen molar-refractivity contribution in [3.63, 3.8) is 0 Å². The number of nitrogens with zero attached hydrogens (tertiary/aromatic N) is 5. The van der Waals surface area contributed by atoms with Crippen LogP contribution in [0.25, 0.3) is 22.3 Å². The minimum absolute atomic E-state index is 0.0511.